The fraction of sp³-hybridized carbons (Fsp3) is 0.526. The monoisotopic (exact) mass is 371 g/mol. The summed E-state index contributed by atoms with van der Waals surface area (Å²) in [6, 6.07) is 4.77. The molecule has 1 aliphatic rings. The Bertz CT molecular complexity index is 551. The lowest BCUT2D eigenvalue weighted by atomic mass is 9.88. The average molecular weight is 372 g/mol. The highest BCUT2D eigenvalue weighted by atomic mass is 19.3. The molecular formula is C19H35F2N5. The van der Waals surface area contributed by atoms with E-state index in [0.29, 0.717) is 11.3 Å². The Morgan fingerprint density at radius 1 is 1.27 bits per heavy atom. The summed E-state index contributed by atoms with van der Waals surface area (Å²) in [4.78, 5) is 0. The second-order valence-electron chi connectivity index (χ2n) is 5.26. The zero-order valence-electron chi connectivity index (χ0n) is 16.9. The Kier molecular flexibility index (Phi) is 13.1. The van der Waals surface area contributed by atoms with Gasteiger partial charge in [0.2, 0.25) is 0 Å². The van der Waals surface area contributed by atoms with Crippen LogP contribution >= 0.6 is 0 Å². The van der Waals surface area contributed by atoms with Crippen LogP contribution in [0.3, 0.4) is 0 Å². The molecular weight excluding hydrogens is 336 g/mol. The number of alkyl halides is 2. The van der Waals surface area contributed by atoms with Crippen LogP contribution in [-0.4, -0.2) is 22.9 Å². The molecule has 0 bridgehead atoms. The summed E-state index contributed by atoms with van der Waals surface area (Å²) >= 11 is 0. The number of halogens is 2. The molecule has 0 amide bonds. The van der Waals surface area contributed by atoms with Crippen molar-refractivity contribution in [2.75, 3.05) is 5.73 Å². The third-order valence-electron chi connectivity index (χ3n) is 3.24. The van der Waals surface area contributed by atoms with E-state index >= 15 is 0 Å². The van der Waals surface area contributed by atoms with E-state index in [1.165, 1.54) is 0 Å². The summed E-state index contributed by atoms with van der Waals surface area (Å²) in [6.07, 6.45) is 1.16. The molecule has 1 aliphatic carbocycles. The van der Waals surface area contributed by atoms with Crippen LogP contribution in [0.1, 0.15) is 58.6 Å². The molecule has 150 valence electrons. The lowest BCUT2D eigenvalue weighted by molar-refractivity contribution is -0.124. The molecule has 0 radical (unpaired) electrons. The number of nitrogens with zero attached hydrogens (tertiary/aromatic N) is 2. The summed E-state index contributed by atoms with van der Waals surface area (Å²) in [6.45, 7) is 15.1. The highest BCUT2D eigenvalue weighted by Gasteiger charge is 2.47. The summed E-state index contributed by atoms with van der Waals surface area (Å²) in [5.41, 5.74) is 13.7. The molecule has 7 heteroatoms. The topological polar surface area (TPSA) is 93.7 Å². The van der Waals surface area contributed by atoms with Gasteiger partial charge in [0.1, 0.15) is 0 Å². The number of nitrogens with two attached hydrogens (primary N) is 3. The maximum Gasteiger partial charge on any atom is 0.252 e. The Morgan fingerprint density at radius 2 is 1.73 bits per heavy atom. The number of hydrazine groups is 1. The molecule has 5 nitrogen and oxygen atoms in total. The summed E-state index contributed by atoms with van der Waals surface area (Å²) in [7, 11) is 0. The van der Waals surface area contributed by atoms with Gasteiger partial charge in [0, 0.05) is 24.1 Å². The van der Waals surface area contributed by atoms with Gasteiger partial charge in [0.25, 0.3) is 5.92 Å². The molecule has 2 rings (SSSR count). The smallest absolute Gasteiger partial charge is 0.252 e. The Balaban J connectivity index is 0. The van der Waals surface area contributed by atoms with E-state index in [0.717, 1.165) is 10.7 Å². The highest BCUT2D eigenvalue weighted by Crippen LogP contribution is 2.39. The van der Waals surface area contributed by atoms with Crippen molar-refractivity contribution < 1.29 is 8.78 Å². The maximum atomic E-state index is 12.7. The van der Waals surface area contributed by atoms with Crippen molar-refractivity contribution in [3.63, 3.8) is 0 Å². The predicted octanol–water partition coefficient (Wildman–Crippen LogP) is 4.42. The van der Waals surface area contributed by atoms with Crippen LogP contribution in [0.5, 0.6) is 0 Å². The van der Waals surface area contributed by atoms with Crippen molar-refractivity contribution in [1.82, 2.24) is 5.12 Å². The van der Waals surface area contributed by atoms with Crippen molar-refractivity contribution in [3.8, 4) is 0 Å². The zero-order chi connectivity index (χ0) is 20.9. The molecule has 6 N–H and O–H groups in total. The summed E-state index contributed by atoms with van der Waals surface area (Å²) in [5.74, 6) is 3.13. The molecule has 1 saturated carbocycles. The molecule has 0 spiro atoms. The number of hydrogen-bond donors (Lipinski definition) is 3. The van der Waals surface area contributed by atoms with Crippen LogP contribution in [0, 0.1) is 6.92 Å². The van der Waals surface area contributed by atoms with E-state index in [2.05, 4.69) is 11.7 Å². The Hall–Kier alpha value is -2.15. The van der Waals surface area contributed by atoms with Gasteiger partial charge in [-0.25, -0.2) is 19.7 Å². The average Bonchev–Trinajstić information content (AvgIpc) is 2.59. The van der Waals surface area contributed by atoms with Gasteiger partial charge in [-0.05, 0) is 25.5 Å². The second-order valence-corrected chi connectivity index (χ2v) is 5.26. The van der Waals surface area contributed by atoms with Gasteiger partial charge in [-0.3, -0.25) is 0 Å². The molecule has 0 saturated heterocycles. The second kappa shape index (κ2) is 13.1. The largest absolute Gasteiger partial charge is 0.398 e. The van der Waals surface area contributed by atoms with E-state index in [1.807, 2.05) is 47.6 Å². The van der Waals surface area contributed by atoms with Crippen LogP contribution in [0.15, 0.2) is 36.0 Å². The van der Waals surface area contributed by atoms with Crippen LogP contribution in [0.25, 0.3) is 0 Å². The van der Waals surface area contributed by atoms with Gasteiger partial charge in [-0.15, -0.1) is 11.7 Å². The quantitative estimate of drug-likeness (QED) is 0.183. The normalized spacial score (nSPS) is 14.9. The lowest BCUT2D eigenvalue weighted by Crippen LogP contribution is -2.52. The molecule has 1 aromatic rings. The van der Waals surface area contributed by atoms with E-state index in [9.17, 15) is 8.78 Å². The van der Waals surface area contributed by atoms with Crippen molar-refractivity contribution in [3.05, 3.63) is 42.0 Å². The predicted molar refractivity (Wildman–Crippen MR) is 109 cm³/mol. The summed E-state index contributed by atoms with van der Waals surface area (Å²) < 4.78 is 25.5. The van der Waals surface area contributed by atoms with Crippen LogP contribution in [0.4, 0.5) is 14.5 Å². The van der Waals surface area contributed by atoms with Crippen LogP contribution in [-0.2, 0) is 0 Å². The number of hydrogen-bond acceptors (Lipinski definition) is 4. The number of allylic oxidation sites excluding steroid dienone is 1. The molecule has 0 aromatic heterocycles. The van der Waals surface area contributed by atoms with Crippen molar-refractivity contribution >= 4 is 11.5 Å². The van der Waals surface area contributed by atoms with Gasteiger partial charge in [-0.2, -0.15) is 0 Å². The van der Waals surface area contributed by atoms with E-state index in [4.69, 9.17) is 17.3 Å². The van der Waals surface area contributed by atoms with Crippen molar-refractivity contribution in [2.45, 2.75) is 66.3 Å². The van der Waals surface area contributed by atoms with Crippen molar-refractivity contribution in [2.24, 2.45) is 16.7 Å². The van der Waals surface area contributed by atoms with E-state index in [-0.39, 0.29) is 18.7 Å². The fourth-order valence-electron chi connectivity index (χ4n) is 1.88. The first-order valence-corrected chi connectivity index (χ1v) is 8.89. The lowest BCUT2D eigenvalue weighted by Gasteiger charge is -2.38. The number of nitrogen functional groups attached to an aromatic ring is 1. The third-order valence-corrected chi connectivity index (χ3v) is 3.24. The minimum absolute atomic E-state index is 0.157. The number of hydrazone groups is 1. The van der Waals surface area contributed by atoms with Gasteiger partial charge in [0.15, 0.2) is 5.84 Å². The first kappa shape index (κ1) is 26.1. The van der Waals surface area contributed by atoms with Gasteiger partial charge in [0.05, 0.1) is 6.04 Å². The Morgan fingerprint density at radius 3 is 2.12 bits per heavy atom. The number of aryl methyl sites for hydroxylation is 1. The number of rotatable bonds is 3. The van der Waals surface area contributed by atoms with Gasteiger partial charge in [-0.1, -0.05) is 45.9 Å². The molecule has 0 aliphatic heterocycles. The summed E-state index contributed by atoms with van der Waals surface area (Å²) in [5, 5.41) is 4.92. The maximum absolute atomic E-state index is 12.7. The molecule has 0 unspecified atom stereocenters. The molecule has 1 aromatic carbocycles. The SMILES string of the molecule is C=CC.CC.CC.Cc1ccc(/C(N)=N/N(N)C2CC(F)(F)C2)cc1N. The highest BCUT2D eigenvalue weighted by molar-refractivity contribution is 5.98. The van der Waals surface area contributed by atoms with Crippen LogP contribution in [0.2, 0.25) is 0 Å². The standard InChI is InChI=1S/C12H17F2N5.C3H6.2C2H6/c1-7-2-3-8(4-10(7)15)11(16)18-19(17)9-5-12(13,14)6-9;1-3-2;2*1-2/h2-4,9H,5-6,15,17H2,1H3,(H2,16,18);3H,1H2,2H3;2*1-2H3. The number of benzene rings is 1. The molecule has 0 heterocycles. The first-order chi connectivity index (χ1) is 12.2. The molecule has 1 fully saturated rings. The Labute approximate surface area is 156 Å². The van der Waals surface area contributed by atoms with Crippen molar-refractivity contribution in [1.29, 1.82) is 0 Å². The zero-order valence-corrected chi connectivity index (χ0v) is 16.9. The minimum atomic E-state index is -2.64. The fourth-order valence-corrected chi connectivity index (χ4v) is 1.88. The van der Waals surface area contributed by atoms with Gasteiger partial charge < -0.3 is 11.5 Å². The third kappa shape index (κ3) is 8.80. The number of anilines is 1. The minimum Gasteiger partial charge on any atom is -0.398 e. The van der Waals surface area contributed by atoms with Crippen LogP contribution < -0.4 is 17.3 Å². The van der Waals surface area contributed by atoms with E-state index < -0.39 is 12.0 Å². The molecule has 0 atom stereocenters. The van der Waals surface area contributed by atoms with Gasteiger partial charge >= 0.3 is 0 Å². The first-order valence-electron chi connectivity index (χ1n) is 8.89. The van der Waals surface area contributed by atoms with E-state index in [1.54, 1.807) is 18.2 Å². The molecule has 26 heavy (non-hydrogen) atoms. The number of amidine groups is 1.